The predicted octanol–water partition coefficient (Wildman–Crippen LogP) is 1.56. The quantitative estimate of drug-likeness (QED) is 0.575. The Kier molecular flexibility index (Phi) is 0.955. The Morgan fingerprint density at radius 2 is 2.25 bits per heavy atom. The van der Waals surface area contributed by atoms with Crippen molar-refractivity contribution < 1.29 is 0 Å². The molecule has 0 amide bonds. The molecule has 1 fully saturated rings. The number of rotatable bonds is 0. The lowest BCUT2D eigenvalue weighted by Gasteiger charge is -1.96. The normalized spacial score (nSPS) is 22.3. The fraction of sp³-hybridized carbons (Fsp3) is 0.333. The molecular weight excluding hydrogens is 150 g/mol. The highest BCUT2D eigenvalue weighted by molar-refractivity contribution is 5.51. The maximum Gasteiger partial charge on any atom is 0.154 e. The smallest absolute Gasteiger partial charge is 0.154 e. The third-order valence-corrected chi connectivity index (χ3v) is 2.54. The maximum atomic E-state index is 4.12. The molecule has 0 radical (unpaired) electrons. The summed E-state index contributed by atoms with van der Waals surface area (Å²) in [4.78, 5) is 4.12. The van der Waals surface area contributed by atoms with Gasteiger partial charge in [-0.25, -0.2) is 9.67 Å². The van der Waals surface area contributed by atoms with Crippen molar-refractivity contribution >= 4 is 12.3 Å². The fourth-order valence-electron chi connectivity index (χ4n) is 1.49. The van der Waals surface area contributed by atoms with Crippen molar-refractivity contribution in [3.05, 3.63) is 24.3 Å². The summed E-state index contributed by atoms with van der Waals surface area (Å²) in [5, 5.41) is 4.08. The van der Waals surface area contributed by atoms with Crippen LogP contribution in [0, 0.1) is 5.41 Å². The second kappa shape index (κ2) is 1.86. The molecular formula is C9H9N3. The standard InChI is InChI=1S/C9H9N3/c1-2-9(3-4-9)5-6-12-8(1)10-7-11-12/h1-2,5-7H,3-4H2. The van der Waals surface area contributed by atoms with E-state index in [-0.39, 0.29) is 0 Å². The van der Waals surface area contributed by atoms with E-state index in [1.54, 1.807) is 6.33 Å². The van der Waals surface area contributed by atoms with Crippen LogP contribution in [-0.4, -0.2) is 14.8 Å². The van der Waals surface area contributed by atoms with Crippen molar-refractivity contribution in [2.75, 3.05) is 0 Å². The van der Waals surface area contributed by atoms with E-state index in [0.29, 0.717) is 5.41 Å². The Balaban J connectivity index is 2.13. The molecule has 3 rings (SSSR count). The molecule has 3 nitrogen and oxygen atoms in total. The molecule has 0 N–H and O–H groups in total. The molecule has 1 aliphatic carbocycles. The summed E-state index contributed by atoms with van der Waals surface area (Å²) < 4.78 is 1.81. The molecule has 0 aromatic carbocycles. The van der Waals surface area contributed by atoms with Crippen molar-refractivity contribution in [1.29, 1.82) is 0 Å². The lowest BCUT2D eigenvalue weighted by molar-refractivity contribution is 0.858. The molecule has 0 saturated heterocycles. The minimum atomic E-state index is 0.350. The van der Waals surface area contributed by atoms with Gasteiger partial charge in [-0.05, 0) is 18.9 Å². The van der Waals surface area contributed by atoms with E-state index in [2.05, 4.69) is 28.3 Å². The molecule has 0 bridgehead atoms. The van der Waals surface area contributed by atoms with Crippen molar-refractivity contribution in [3.8, 4) is 0 Å². The first-order chi connectivity index (χ1) is 5.88. The van der Waals surface area contributed by atoms with Gasteiger partial charge in [-0.1, -0.05) is 12.2 Å². The van der Waals surface area contributed by atoms with Gasteiger partial charge in [0.25, 0.3) is 0 Å². The summed E-state index contributed by atoms with van der Waals surface area (Å²) in [6.45, 7) is 0. The Morgan fingerprint density at radius 1 is 1.33 bits per heavy atom. The van der Waals surface area contributed by atoms with Gasteiger partial charge in [-0.15, -0.1) is 0 Å². The summed E-state index contributed by atoms with van der Waals surface area (Å²) in [6, 6.07) is 0. The van der Waals surface area contributed by atoms with Crippen molar-refractivity contribution in [1.82, 2.24) is 14.8 Å². The van der Waals surface area contributed by atoms with Gasteiger partial charge < -0.3 is 0 Å². The van der Waals surface area contributed by atoms with Crippen LogP contribution in [0.1, 0.15) is 18.7 Å². The summed E-state index contributed by atoms with van der Waals surface area (Å²) in [5.41, 5.74) is 0.350. The third-order valence-electron chi connectivity index (χ3n) is 2.54. The highest BCUT2D eigenvalue weighted by atomic mass is 15.3. The maximum absolute atomic E-state index is 4.12. The zero-order valence-electron chi connectivity index (χ0n) is 6.64. The van der Waals surface area contributed by atoms with Gasteiger partial charge in [0.1, 0.15) is 6.33 Å². The molecule has 60 valence electrons. The first kappa shape index (κ1) is 6.17. The second-order valence-electron chi connectivity index (χ2n) is 3.45. The minimum absolute atomic E-state index is 0.350. The SMILES string of the molecule is C1=CC2(C=Cn3ncnc31)CC2. The van der Waals surface area contributed by atoms with Crippen molar-refractivity contribution in [3.63, 3.8) is 0 Å². The Morgan fingerprint density at radius 3 is 3.08 bits per heavy atom. The predicted molar refractivity (Wildman–Crippen MR) is 46.1 cm³/mol. The summed E-state index contributed by atoms with van der Waals surface area (Å²) >= 11 is 0. The van der Waals surface area contributed by atoms with Crippen LogP contribution in [-0.2, 0) is 0 Å². The van der Waals surface area contributed by atoms with Crippen molar-refractivity contribution in [2.45, 2.75) is 12.8 Å². The fourth-order valence-corrected chi connectivity index (χ4v) is 1.49. The number of hydrogen-bond donors (Lipinski definition) is 0. The molecule has 0 atom stereocenters. The molecule has 3 heteroatoms. The van der Waals surface area contributed by atoms with Gasteiger partial charge in [0.2, 0.25) is 0 Å². The lowest BCUT2D eigenvalue weighted by Crippen LogP contribution is -1.90. The van der Waals surface area contributed by atoms with Gasteiger partial charge in [0, 0.05) is 11.6 Å². The van der Waals surface area contributed by atoms with Gasteiger partial charge in [-0.3, -0.25) is 0 Å². The lowest BCUT2D eigenvalue weighted by atomic mass is 10.1. The topological polar surface area (TPSA) is 30.7 Å². The van der Waals surface area contributed by atoms with E-state index in [4.69, 9.17) is 0 Å². The van der Waals surface area contributed by atoms with Crippen LogP contribution in [0.5, 0.6) is 0 Å². The van der Waals surface area contributed by atoms with Gasteiger partial charge in [-0.2, -0.15) is 5.10 Å². The van der Waals surface area contributed by atoms with Crippen molar-refractivity contribution in [2.24, 2.45) is 5.41 Å². The average molecular weight is 159 g/mol. The van der Waals surface area contributed by atoms with E-state index < -0.39 is 0 Å². The molecule has 2 aliphatic rings. The van der Waals surface area contributed by atoms with Gasteiger partial charge >= 0.3 is 0 Å². The van der Waals surface area contributed by atoms with Crippen LogP contribution in [0.2, 0.25) is 0 Å². The molecule has 2 heterocycles. The van der Waals surface area contributed by atoms with Gasteiger partial charge in [0.05, 0.1) is 0 Å². The Labute approximate surface area is 70.4 Å². The van der Waals surface area contributed by atoms with Crippen LogP contribution in [0.15, 0.2) is 18.5 Å². The Bertz CT molecular complexity index is 338. The summed E-state index contributed by atoms with van der Waals surface area (Å²) in [5.74, 6) is 0.926. The van der Waals surface area contributed by atoms with E-state index in [9.17, 15) is 0 Å². The van der Waals surface area contributed by atoms with E-state index in [1.165, 1.54) is 12.8 Å². The Hall–Kier alpha value is -1.38. The van der Waals surface area contributed by atoms with Crippen LogP contribution < -0.4 is 0 Å². The first-order valence-electron chi connectivity index (χ1n) is 4.16. The van der Waals surface area contributed by atoms with Gasteiger partial charge in [0.15, 0.2) is 5.82 Å². The molecule has 0 unspecified atom stereocenters. The molecule has 1 aromatic heterocycles. The minimum Gasteiger partial charge on any atom is -0.221 e. The summed E-state index contributed by atoms with van der Waals surface area (Å²) in [6.07, 6.45) is 12.6. The summed E-state index contributed by atoms with van der Waals surface area (Å²) in [7, 11) is 0. The van der Waals surface area contributed by atoms with Crippen LogP contribution in [0.25, 0.3) is 12.3 Å². The highest BCUT2D eigenvalue weighted by Gasteiger charge is 2.38. The zero-order chi connectivity index (χ0) is 8.02. The molecule has 1 spiro atoms. The third kappa shape index (κ3) is 0.763. The molecule has 1 aliphatic heterocycles. The monoisotopic (exact) mass is 159 g/mol. The zero-order valence-corrected chi connectivity index (χ0v) is 6.64. The van der Waals surface area contributed by atoms with E-state index >= 15 is 0 Å². The van der Waals surface area contributed by atoms with Crippen LogP contribution in [0.3, 0.4) is 0 Å². The van der Waals surface area contributed by atoms with Crippen LogP contribution in [0.4, 0.5) is 0 Å². The largest absolute Gasteiger partial charge is 0.221 e. The second-order valence-corrected chi connectivity index (χ2v) is 3.45. The van der Waals surface area contributed by atoms with E-state index in [1.807, 2.05) is 10.9 Å². The number of aromatic nitrogens is 3. The highest BCUT2D eigenvalue weighted by Crippen LogP contribution is 2.49. The number of hydrogen-bond acceptors (Lipinski definition) is 2. The first-order valence-corrected chi connectivity index (χ1v) is 4.16. The number of fused-ring (bicyclic) bond motifs is 1. The van der Waals surface area contributed by atoms with Crippen LogP contribution >= 0.6 is 0 Å². The van der Waals surface area contributed by atoms with E-state index in [0.717, 1.165) is 5.82 Å². The molecule has 1 saturated carbocycles. The number of allylic oxidation sites excluding steroid dienone is 2. The molecule has 1 aromatic rings. The molecule has 12 heavy (non-hydrogen) atoms. The number of nitrogens with zero attached hydrogens (tertiary/aromatic N) is 3. The average Bonchev–Trinajstić information content (AvgIpc) is 2.77.